The van der Waals surface area contributed by atoms with E-state index in [1.807, 2.05) is 18.2 Å². The first-order chi connectivity index (χ1) is 10.1. The van der Waals surface area contributed by atoms with E-state index in [9.17, 15) is 4.79 Å². The van der Waals surface area contributed by atoms with Gasteiger partial charge < -0.3 is 19.3 Å². The molecule has 1 saturated heterocycles. The number of para-hydroxylation sites is 1. The number of hydrogen-bond donors (Lipinski definition) is 1. The van der Waals surface area contributed by atoms with Gasteiger partial charge in [0.15, 0.2) is 11.5 Å². The highest BCUT2D eigenvalue weighted by Gasteiger charge is 2.23. The first-order valence-corrected chi connectivity index (χ1v) is 6.89. The van der Waals surface area contributed by atoms with Crippen LogP contribution in [0.2, 0.25) is 0 Å². The van der Waals surface area contributed by atoms with E-state index in [0.717, 1.165) is 17.9 Å². The van der Waals surface area contributed by atoms with Crippen LogP contribution in [-0.4, -0.2) is 56.0 Å². The molecule has 0 spiro atoms. The van der Waals surface area contributed by atoms with Gasteiger partial charge in [-0.1, -0.05) is 12.1 Å². The van der Waals surface area contributed by atoms with Crippen LogP contribution >= 0.6 is 0 Å². The first kappa shape index (κ1) is 15.6. The number of ether oxygens (including phenoxy) is 3. The van der Waals surface area contributed by atoms with Gasteiger partial charge in [-0.25, -0.2) is 0 Å². The second kappa shape index (κ2) is 7.28. The topological polar surface area (TPSA) is 68.2 Å². The van der Waals surface area contributed by atoms with Gasteiger partial charge >= 0.3 is 5.97 Å². The van der Waals surface area contributed by atoms with Crippen LogP contribution < -0.4 is 9.47 Å². The predicted molar refractivity (Wildman–Crippen MR) is 76.8 cm³/mol. The van der Waals surface area contributed by atoms with Crippen molar-refractivity contribution in [1.82, 2.24) is 4.90 Å². The molecule has 1 aromatic rings. The van der Waals surface area contributed by atoms with Crippen molar-refractivity contribution in [2.45, 2.75) is 19.1 Å². The minimum atomic E-state index is -0.833. The van der Waals surface area contributed by atoms with Gasteiger partial charge in [0, 0.05) is 25.2 Å². The van der Waals surface area contributed by atoms with Crippen molar-refractivity contribution in [2.24, 2.45) is 0 Å². The van der Waals surface area contributed by atoms with Gasteiger partial charge in [0.1, 0.15) is 0 Å². The summed E-state index contributed by atoms with van der Waals surface area (Å²) in [7, 11) is 3.23. The summed E-state index contributed by atoms with van der Waals surface area (Å²) < 4.78 is 16.2. The maximum absolute atomic E-state index is 10.8. The molecule has 0 aromatic heterocycles. The molecule has 6 nitrogen and oxygen atoms in total. The maximum Gasteiger partial charge on any atom is 0.306 e. The molecular weight excluding hydrogens is 274 g/mol. The molecule has 2 rings (SSSR count). The van der Waals surface area contributed by atoms with Crippen molar-refractivity contribution in [2.75, 3.05) is 33.9 Å². The Morgan fingerprint density at radius 2 is 2.24 bits per heavy atom. The Bertz CT molecular complexity index is 491. The van der Waals surface area contributed by atoms with Gasteiger partial charge in [-0.15, -0.1) is 0 Å². The molecule has 1 aliphatic heterocycles. The lowest BCUT2D eigenvalue weighted by atomic mass is 10.1. The Hall–Kier alpha value is -1.79. The third-order valence-corrected chi connectivity index (χ3v) is 3.50. The Labute approximate surface area is 124 Å². The Morgan fingerprint density at radius 1 is 1.43 bits per heavy atom. The number of carboxylic acids is 1. The van der Waals surface area contributed by atoms with Crippen LogP contribution in [0.5, 0.6) is 11.5 Å². The second-order valence-electron chi connectivity index (χ2n) is 4.98. The first-order valence-electron chi connectivity index (χ1n) is 6.89. The average Bonchev–Trinajstić information content (AvgIpc) is 2.46. The molecule has 0 saturated carbocycles. The molecule has 1 unspecified atom stereocenters. The zero-order valence-electron chi connectivity index (χ0n) is 12.4. The smallest absolute Gasteiger partial charge is 0.306 e. The SMILES string of the molecule is COc1cccc(CN2CCOC(CC(=O)O)C2)c1OC. The largest absolute Gasteiger partial charge is 0.493 e. The lowest BCUT2D eigenvalue weighted by molar-refractivity contribution is -0.142. The van der Waals surface area contributed by atoms with Crippen molar-refractivity contribution in [3.8, 4) is 11.5 Å². The molecule has 21 heavy (non-hydrogen) atoms. The van der Waals surface area contributed by atoms with E-state index in [1.54, 1.807) is 14.2 Å². The van der Waals surface area contributed by atoms with Crippen LogP contribution in [0, 0.1) is 0 Å². The van der Waals surface area contributed by atoms with Crippen molar-refractivity contribution in [3.63, 3.8) is 0 Å². The summed E-state index contributed by atoms with van der Waals surface area (Å²) in [5, 5.41) is 8.86. The van der Waals surface area contributed by atoms with Crippen molar-refractivity contribution < 1.29 is 24.1 Å². The normalized spacial score (nSPS) is 19.2. The zero-order valence-corrected chi connectivity index (χ0v) is 12.4. The van der Waals surface area contributed by atoms with E-state index in [-0.39, 0.29) is 12.5 Å². The fourth-order valence-electron chi connectivity index (χ4n) is 2.56. The van der Waals surface area contributed by atoms with Gasteiger partial charge in [-0.05, 0) is 6.07 Å². The molecule has 1 fully saturated rings. The number of morpholine rings is 1. The van der Waals surface area contributed by atoms with Crippen LogP contribution in [0.1, 0.15) is 12.0 Å². The van der Waals surface area contributed by atoms with Gasteiger partial charge in [-0.3, -0.25) is 9.69 Å². The molecule has 116 valence electrons. The van der Waals surface area contributed by atoms with Crippen molar-refractivity contribution >= 4 is 5.97 Å². The number of carboxylic acid groups (broad SMARTS) is 1. The maximum atomic E-state index is 10.8. The Balaban J connectivity index is 2.05. The molecule has 1 aliphatic rings. The number of carbonyl (C=O) groups is 1. The number of nitrogens with zero attached hydrogens (tertiary/aromatic N) is 1. The summed E-state index contributed by atoms with van der Waals surface area (Å²) in [6, 6.07) is 5.77. The van der Waals surface area contributed by atoms with Crippen LogP contribution in [0.4, 0.5) is 0 Å². The van der Waals surface area contributed by atoms with E-state index in [4.69, 9.17) is 19.3 Å². The average molecular weight is 295 g/mol. The molecule has 0 aliphatic carbocycles. The highest BCUT2D eigenvalue weighted by atomic mass is 16.5. The third kappa shape index (κ3) is 4.09. The molecule has 1 aromatic carbocycles. The highest BCUT2D eigenvalue weighted by molar-refractivity contribution is 5.67. The molecule has 0 amide bonds. The summed E-state index contributed by atoms with van der Waals surface area (Å²) >= 11 is 0. The van der Waals surface area contributed by atoms with Gasteiger partial charge in [-0.2, -0.15) is 0 Å². The molecule has 6 heteroatoms. The van der Waals surface area contributed by atoms with Crippen LogP contribution in [-0.2, 0) is 16.1 Å². The lowest BCUT2D eigenvalue weighted by Gasteiger charge is -2.32. The van der Waals surface area contributed by atoms with Crippen molar-refractivity contribution in [3.05, 3.63) is 23.8 Å². The zero-order chi connectivity index (χ0) is 15.2. The highest BCUT2D eigenvalue weighted by Crippen LogP contribution is 2.31. The fraction of sp³-hybridized carbons (Fsp3) is 0.533. The molecule has 1 atom stereocenters. The van der Waals surface area contributed by atoms with E-state index in [0.29, 0.717) is 25.4 Å². The van der Waals surface area contributed by atoms with Crippen LogP contribution in [0.15, 0.2) is 18.2 Å². The number of methoxy groups -OCH3 is 2. The summed E-state index contributed by atoms with van der Waals surface area (Å²) in [4.78, 5) is 13.0. The second-order valence-corrected chi connectivity index (χ2v) is 4.98. The van der Waals surface area contributed by atoms with E-state index >= 15 is 0 Å². The van der Waals surface area contributed by atoms with Crippen LogP contribution in [0.3, 0.4) is 0 Å². The van der Waals surface area contributed by atoms with Gasteiger partial charge in [0.2, 0.25) is 0 Å². The van der Waals surface area contributed by atoms with E-state index < -0.39 is 5.97 Å². The molecular formula is C15H21NO5. The molecule has 0 radical (unpaired) electrons. The minimum Gasteiger partial charge on any atom is -0.493 e. The minimum absolute atomic E-state index is 0.0335. The quantitative estimate of drug-likeness (QED) is 0.855. The fourth-order valence-corrected chi connectivity index (χ4v) is 2.56. The standard InChI is InChI=1S/C15H21NO5/c1-19-13-5-3-4-11(15(13)20-2)9-16-6-7-21-12(10-16)8-14(17)18/h3-5,12H,6-10H2,1-2H3,(H,17,18). The summed E-state index contributed by atoms with van der Waals surface area (Å²) in [5.41, 5.74) is 1.02. The molecule has 1 heterocycles. The Kier molecular flexibility index (Phi) is 5.41. The number of aliphatic carboxylic acids is 1. The monoisotopic (exact) mass is 295 g/mol. The predicted octanol–water partition coefficient (Wildman–Crippen LogP) is 1.38. The summed E-state index contributed by atoms with van der Waals surface area (Å²) in [6.07, 6.45) is -0.223. The summed E-state index contributed by atoms with van der Waals surface area (Å²) in [5.74, 6) is 0.590. The molecule has 0 bridgehead atoms. The molecule has 1 N–H and O–H groups in total. The number of benzene rings is 1. The Morgan fingerprint density at radius 3 is 2.90 bits per heavy atom. The van der Waals surface area contributed by atoms with Gasteiger partial charge in [0.25, 0.3) is 0 Å². The number of rotatable bonds is 6. The van der Waals surface area contributed by atoms with E-state index in [2.05, 4.69) is 4.90 Å². The van der Waals surface area contributed by atoms with Crippen LogP contribution in [0.25, 0.3) is 0 Å². The van der Waals surface area contributed by atoms with Crippen molar-refractivity contribution in [1.29, 1.82) is 0 Å². The number of hydrogen-bond acceptors (Lipinski definition) is 5. The van der Waals surface area contributed by atoms with E-state index in [1.165, 1.54) is 0 Å². The third-order valence-electron chi connectivity index (χ3n) is 3.50. The lowest BCUT2D eigenvalue weighted by Crippen LogP contribution is -2.42. The summed E-state index contributed by atoms with van der Waals surface area (Å²) in [6.45, 7) is 2.60. The van der Waals surface area contributed by atoms with Gasteiger partial charge in [0.05, 0.1) is 33.4 Å².